The fourth-order valence-electron chi connectivity index (χ4n) is 4.08. The Hall–Kier alpha value is -3.61. The number of nitrogens with one attached hydrogen (secondary N) is 3. The van der Waals surface area contributed by atoms with Crippen molar-refractivity contribution in [2.24, 2.45) is 0 Å². The Balaban J connectivity index is 1.19. The van der Waals surface area contributed by atoms with Gasteiger partial charge in [-0.15, -0.1) is 0 Å². The minimum atomic E-state index is -0.638. The highest BCUT2D eigenvalue weighted by Gasteiger charge is 2.37. The van der Waals surface area contributed by atoms with Crippen LogP contribution in [0, 0.1) is 0 Å². The van der Waals surface area contributed by atoms with Crippen LogP contribution in [0.3, 0.4) is 0 Å². The van der Waals surface area contributed by atoms with Gasteiger partial charge in [0.1, 0.15) is 6.04 Å². The number of benzene rings is 2. The number of urea groups is 1. The van der Waals surface area contributed by atoms with Crippen LogP contribution in [0.15, 0.2) is 60.8 Å². The summed E-state index contributed by atoms with van der Waals surface area (Å²) in [4.78, 5) is 41.6. The standard InChI is InChI=1S/C25H28N4O3/c30-23(26-15-6-9-18-7-2-1-3-8-18)13-12-22-24(31)29(25(32)28-22)16-14-19-17-27-21-11-5-4-10-20(19)21/h1-5,7-8,10-11,17,22,27H,6,9,12-16H2,(H,26,30)(H,28,32)/t22-/m0/s1. The summed E-state index contributed by atoms with van der Waals surface area (Å²) in [7, 11) is 0. The van der Waals surface area contributed by atoms with E-state index in [1.54, 1.807) is 0 Å². The Bertz CT molecular complexity index is 1090. The average Bonchev–Trinajstić information content (AvgIpc) is 3.34. The van der Waals surface area contributed by atoms with Crippen LogP contribution in [0.4, 0.5) is 4.79 Å². The number of imide groups is 1. The molecule has 0 unspecified atom stereocenters. The molecule has 1 aliphatic heterocycles. The van der Waals surface area contributed by atoms with E-state index < -0.39 is 6.04 Å². The maximum absolute atomic E-state index is 12.7. The molecule has 0 aliphatic carbocycles. The Kier molecular flexibility index (Phi) is 6.84. The van der Waals surface area contributed by atoms with E-state index in [1.165, 1.54) is 10.5 Å². The molecule has 1 aliphatic rings. The summed E-state index contributed by atoms with van der Waals surface area (Å²) in [5.41, 5.74) is 3.35. The number of amides is 4. The number of hydrogen-bond donors (Lipinski definition) is 3. The summed E-state index contributed by atoms with van der Waals surface area (Å²) in [5.74, 6) is -0.357. The molecule has 0 radical (unpaired) electrons. The molecular formula is C25H28N4O3. The van der Waals surface area contributed by atoms with Crippen LogP contribution >= 0.6 is 0 Å². The number of aromatic amines is 1. The summed E-state index contributed by atoms with van der Waals surface area (Å²) >= 11 is 0. The van der Waals surface area contributed by atoms with Gasteiger partial charge in [0.25, 0.3) is 5.91 Å². The van der Waals surface area contributed by atoms with Crippen LogP contribution in [0.25, 0.3) is 10.9 Å². The molecule has 1 fully saturated rings. The molecule has 32 heavy (non-hydrogen) atoms. The topological polar surface area (TPSA) is 94.3 Å². The number of fused-ring (bicyclic) bond motifs is 1. The first-order chi connectivity index (χ1) is 15.6. The number of carbonyl (C=O) groups is 3. The normalized spacial score (nSPS) is 15.9. The van der Waals surface area contributed by atoms with Crippen LogP contribution in [-0.4, -0.2) is 46.9 Å². The SMILES string of the molecule is O=C(CC[C@@H]1NC(=O)N(CCc2c[nH]c3ccccc23)C1=O)NCCCc1ccccc1. The number of hydrogen-bond acceptors (Lipinski definition) is 3. The maximum Gasteiger partial charge on any atom is 0.324 e. The van der Waals surface area contributed by atoms with Crippen molar-refractivity contribution in [1.29, 1.82) is 0 Å². The zero-order valence-corrected chi connectivity index (χ0v) is 18.0. The van der Waals surface area contributed by atoms with Gasteiger partial charge in [-0.2, -0.15) is 0 Å². The van der Waals surface area contributed by atoms with E-state index in [0.29, 0.717) is 25.9 Å². The van der Waals surface area contributed by atoms with E-state index in [0.717, 1.165) is 29.3 Å². The van der Waals surface area contributed by atoms with E-state index in [2.05, 4.69) is 27.8 Å². The van der Waals surface area contributed by atoms with Gasteiger partial charge in [-0.1, -0.05) is 48.5 Å². The molecule has 7 nitrogen and oxygen atoms in total. The first kappa shape index (κ1) is 21.6. The number of nitrogens with zero attached hydrogens (tertiary/aromatic N) is 1. The average molecular weight is 433 g/mol. The van der Waals surface area contributed by atoms with Crippen LogP contribution < -0.4 is 10.6 Å². The summed E-state index contributed by atoms with van der Waals surface area (Å²) < 4.78 is 0. The van der Waals surface area contributed by atoms with Crippen molar-refractivity contribution in [2.75, 3.05) is 13.1 Å². The molecule has 2 aromatic carbocycles. The predicted molar refractivity (Wildman–Crippen MR) is 123 cm³/mol. The zero-order chi connectivity index (χ0) is 22.3. The number of aryl methyl sites for hydroxylation is 1. The van der Waals surface area contributed by atoms with Gasteiger partial charge < -0.3 is 15.6 Å². The minimum Gasteiger partial charge on any atom is -0.361 e. The van der Waals surface area contributed by atoms with Gasteiger partial charge in [0.15, 0.2) is 0 Å². The van der Waals surface area contributed by atoms with E-state index in [-0.39, 0.29) is 24.3 Å². The fourth-order valence-corrected chi connectivity index (χ4v) is 4.08. The zero-order valence-electron chi connectivity index (χ0n) is 18.0. The summed E-state index contributed by atoms with van der Waals surface area (Å²) in [5, 5.41) is 6.71. The van der Waals surface area contributed by atoms with Gasteiger partial charge >= 0.3 is 6.03 Å². The van der Waals surface area contributed by atoms with Crippen molar-refractivity contribution in [3.63, 3.8) is 0 Å². The summed E-state index contributed by atoms with van der Waals surface area (Å²) in [6.07, 6.45) is 4.78. The lowest BCUT2D eigenvalue weighted by atomic mass is 10.1. The van der Waals surface area contributed by atoms with Crippen LogP contribution in [0.5, 0.6) is 0 Å². The fraction of sp³-hybridized carbons (Fsp3) is 0.320. The summed E-state index contributed by atoms with van der Waals surface area (Å²) in [6, 6.07) is 17.1. The molecule has 3 N–H and O–H groups in total. The molecule has 1 atom stereocenters. The molecule has 4 rings (SSSR count). The monoisotopic (exact) mass is 432 g/mol. The van der Waals surface area contributed by atoms with Gasteiger partial charge in [-0.25, -0.2) is 4.79 Å². The Morgan fingerprint density at radius 1 is 1.00 bits per heavy atom. The lowest BCUT2D eigenvalue weighted by Crippen LogP contribution is -2.34. The van der Waals surface area contributed by atoms with E-state index in [9.17, 15) is 14.4 Å². The minimum absolute atomic E-state index is 0.0997. The van der Waals surface area contributed by atoms with Crippen molar-refractivity contribution >= 4 is 28.7 Å². The highest BCUT2D eigenvalue weighted by molar-refractivity contribution is 6.04. The largest absolute Gasteiger partial charge is 0.361 e. The number of aromatic nitrogens is 1. The molecule has 0 spiro atoms. The Morgan fingerprint density at radius 2 is 1.78 bits per heavy atom. The van der Waals surface area contributed by atoms with Crippen LogP contribution in [0.1, 0.15) is 30.4 Å². The molecule has 7 heteroatoms. The van der Waals surface area contributed by atoms with Crippen molar-refractivity contribution in [3.8, 4) is 0 Å². The number of carbonyl (C=O) groups excluding carboxylic acids is 3. The molecule has 1 saturated heterocycles. The molecule has 2 heterocycles. The van der Waals surface area contributed by atoms with E-state index >= 15 is 0 Å². The first-order valence-electron chi connectivity index (χ1n) is 11.1. The van der Waals surface area contributed by atoms with Crippen molar-refractivity contribution in [3.05, 3.63) is 71.9 Å². The van der Waals surface area contributed by atoms with Gasteiger partial charge in [-0.05, 0) is 42.9 Å². The number of para-hydroxylation sites is 1. The van der Waals surface area contributed by atoms with E-state index in [4.69, 9.17) is 0 Å². The molecule has 166 valence electrons. The van der Waals surface area contributed by atoms with Crippen LogP contribution in [-0.2, 0) is 22.4 Å². The second kappa shape index (κ2) is 10.1. The van der Waals surface area contributed by atoms with E-state index in [1.807, 2.05) is 48.7 Å². The van der Waals surface area contributed by atoms with Crippen molar-refractivity contribution in [1.82, 2.24) is 20.5 Å². The second-order valence-corrected chi connectivity index (χ2v) is 8.08. The highest BCUT2D eigenvalue weighted by Crippen LogP contribution is 2.19. The third kappa shape index (κ3) is 5.17. The Morgan fingerprint density at radius 3 is 2.62 bits per heavy atom. The van der Waals surface area contributed by atoms with Gasteiger partial charge in [0.2, 0.25) is 5.91 Å². The van der Waals surface area contributed by atoms with Gasteiger partial charge in [0, 0.05) is 36.6 Å². The third-order valence-corrected chi connectivity index (χ3v) is 5.85. The molecule has 3 aromatic rings. The molecule has 4 amide bonds. The highest BCUT2D eigenvalue weighted by atomic mass is 16.2. The first-order valence-corrected chi connectivity index (χ1v) is 11.1. The Labute approximate surface area is 187 Å². The molecular weight excluding hydrogens is 404 g/mol. The second-order valence-electron chi connectivity index (χ2n) is 8.08. The molecule has 0 bridgehead atoms. The van der Waals surface area contributed by atoms with Crippen molar-refractivity contribution < 1.29 is 14.4 Å². The van der Waals surface area contributed by atoms with Crippen molar-refractivity contribution in [2.45, 2.75) is 38.1 Å². The lowest BCUT2D eigenvalue weighted by Gasteiger charge is -2.12. The lowest BCUT2D eigenvalue weighted by molar-refractivity contribution is -0.127. The summed E-state index contributed by atoms with van der Waals surface area (Å²) in [6.45, 7) is 0.907. The third-order valence-electron chi connectivity index (χ3n) is 5.85. The van der Waals surface area contributed by atoms with Gasteiger partial charge in [0.05, 0.1) is 0 Å². The number of H-pyrrole nitrogens is 1. The van der Waals surface area contributed by atoms with Gasteiger partial charge in [-0.3, -0.25) is 14.5 Å². The smallest absolute Gasteiger partial charge is 0.324 e. The van der Waals surface area contributed by atoms with Crippen LogP contribution in [0.2, 0.25) is 0 Å². The quantitative estimate of drug-likeness (QED) is 0.339. The molecule has 1 aromatic heterocycles. The predicted octanol–water partition coefficient (Wildman–Crippen LogP) is 3.16. The number of rotatable bonds is 10. The maximum atomic E-state index is 12.7. The molecule has 0 saturated carbocycles.